The zero-order valence-electron chi connectivity index (χ0n) is 15.2. The van der Waals surface area contributed by atoms with Crippen LogP contribution in [0, 0.1) is 5.82 Å². The molecule has 0 saturated carbocycles. The minimum absolute atomic E-state index is 0.0399. The Balaban J connectivity index is 1.72. The molecule has 0 unspecified atom stereocenters. The summed E-state index contributed by atoms with van der Waals surface area (Å²) >= 11 is 0. The van der Waals surface area contributed by atoms with E-state index in [1.54, 1.807) is 24.3 Å². The predicted octanol–water partition coefficient (Wildman–Crippen LogP) is 2.67. The van der Waals surface area contributed by atoms with Gasteiger partial charge in [-0.05, 0) is 29.8 Å². The topological polar surface area (TPSA) is 115 Å². The number of aromatic nitrogens is 5. The predicted molar refractivity (Wildman–Crippen MR) is 102 cm³/mol. The molecule has 2 heterocycles. The fourth-order valence-electron chi connectivity index (χ4n) is 2.89. The summed E-state index contributed by atoms with van der Waals surface area (Å²) in [5.74, 6) is -0.971. The van der Waals surface area contributed by atoms with Crippen LogP contribution in [0.3, 0.4) is 0 Å². The molecule has 4 aromatic rings. The third-order valence-electron chi connectivity index (χ3n) is 4.17. The first-order valence-corrected chi connectivity index (χ1v) is 8.53. The molecule has 2 N–H and O–H groups in total. The Hall–Kier alpha value is -4.08. The van der Waals surface area contributed by atoms with Gasteiger partial charge in [-0.25, -0.2) is 23.7 Å². The SMILES string of the molecule is COc1nc2c(C(=O)O)cccc2n1-c1ncnc(NCc2cccc(F)c2)n1. The van der Waals surface area contributed by atoms with E-state index in [4.69, 9.17) is 4.74 Å². The van der Waals surface area contributed by atoms with E-state index >= 15 is 0 Å². The minimum atomic E-state index is -1.10. The van der Waals surface area contributed by atoms with Crippen molar-refractivity contribution in [1.29, 1.82) is 0 Å². The molecule has 2 aromatic heterocycles. The summed E-state index contributed by atoms with van der Waals surface area (Å²) in [7, 11) is 1.42. The molecule has 0 aliphatic rings. The number of aromatic carboxylic acids is 1. The number of ether oxygens (including phenoxy) is 1. The molecule has 0 fully saturated rings. The summed E-state index contributed by atoms with van der Waals surface area (Å²) in [4.78, 5) is 28.3. The largest absolute Gasteiger partial charge is 0.478 e. The lowest BCUT2D eigenvalue weighted by molar-refractivity contribution is 0.0699. The molecular formula is C19H15FN6O3. The molecule has 0 aliphatic carbocycles. The molecule has 0 aliphatic heterocycles. The van der Waals surface area contributed by atoms with E-state index in [9.17, 15) is 14.3 Å². The number of carboxylic acids is 1. The summed E-state index contributed by atoms with van der Waals surface area (Å²) in [6.07, 6.45) is 1.31. The highest BCUT2D eigenvalue weighted by atomic mass is 19.1. The van der Waals surface area contributed by atoms with Gasteiger partial charge in [0.05, 0.1) is 18.2 Å². The minimum Gasteiger partial charge on any atom is -0.478 e. The number of nitrogens with zero attached hydrogens (tertiary/aromatic N) is 5. The van der Waals surface area contributed by atoms with Gasteiger partial charge in [0.25, 0.3) is 0 Å². The first-order valence-electron chi connectivity index (χ1n) is 8.53. The lowest BCUT2D eigenvalue weighted by atomic mass is 10.2. The standard InChI is InChI=1S/C19H15FN6O3/c1-29-19-24-15-13(16(27)28)6-3-7-14(15)26(19)18-23-10-22-17(25-18)21-9-11-4-2-5-12(20)8-11/h2-8,10H,9H2,1H3,(H,27,28)(H,21,22,23,25). The number of hydrogen-bond donors (Lipinski definition) is 2. The van der Waals surface area contributed by atoms with Gasteiger partial charge in [-0.3, -0.25) is 0 Å². The van der Waals surface area contributed by atoms with Gasteiger partial charge in [0.2, 0.25) is 11.9 Å². The lowest BCUT2D eigenvalue weighted by Gasteiger charge is -2.08. The van der Waals surface area contributed by atoms with Crippen molar-refractivity contribution >= 4 is 23.0 Å². The maximum absolute atomic E-state index is 13.3. The van der Waals surface area contributed by atoms with Crippen molar-refractivity contribution in [3.05, 3.63) is 65.7 Å². The number of imidazole rings is 1. The Labute approximate surface area is 163 Å². The van der Waals surface area contributed by atoms with Crippen LogP contribution in [-0.2, 0) is 6.54 Å². The Morgan fingerprint density at radius 3 is 2.79 bits per heavy atom. The normalized spacial score (nSPS) is 10.8. The van der Waals surface area contributed by atoms with Crippen LogP contribution in [0.5, 0.6) is 6.01 Å². The summed E-state index contributed by atoms with van der Waals surface area (Å²) in [6, 6.07) is 11.1. The molecule has 0 amide bonds. The number of hydrogen-bond acceptors (Lipinski definition) is 7. The van der Waals surface area contributed by atoms with E-state index in [1.807, 2.05) is 0 Å². The van der Waals surface area contributed by atoms with Crippen LogP contribution in [-0.4, -0.2) is 42.7 Å². The van der Waals surface area contributed by atoms with Gasteiger partial charge >= 0.3 is 12.0 Å². The van der Waals surface area contributed by atoms with Gasteiger partial charge in [-0.15, -0.1) is 0 Å². The Bertz CT molecular complexity index is 1210. The summed E-state index contributed by atoms with van der Waals surface area (Å²) in [5.41, 5.74) is 1.50. The van der Waals surface area contributed by atoms with Crippen LogP contribution in [0.25, 0.3) is 17.0 Å². The molecule has 10 heteroatoms. The Morgan fingerprint density at radius 2 is 2.03 bits per heavy atom. The van der Waals surface area contributed by atoms with Crippen molar-refractivity contribution in [2.45, 2.75) is 6.54 Å². The van der Waals surface area contributed by atoms with Crippen molar-refractivity contribution in [3.8, 4) is 12.0 Å². The van der Waals surface area contributed by atoms with Crippen molar-refractivity contribution < 1.29 is 19.0 Å². The van der Waals surface area contributed by atoms with E-state index in [0.717, 1.165) is 5.56 Å². The maximum Gasteiger partial charge on any atom is 0.337 e. The molecule has 4 rings (SSSR count). The zero-order chi connectivity index (χ0) is 20.4. The van der Waals surface area contributed by atoms with Gasteiger partial charge < -0.3 is 15.2 Å². The van der Waals surface area contributed by atoms with Crippen LogP contribution in [0.15, 0.2) is 48.8 Å². The highest BCUT2D eigenvalue weighted by molar-refractivity contribution is 6.01. The first-order chi connectivity index (χ1) is 14.1. The first kappa shape index (κ1) is 18.3. The van der Waals surface area contributed by atoms with E-state index in [0.29, 0.717) is 12.1 Å². The molecule has 0 spiro atoms. The average molecular weight is 394 g/mol. The fraction of sp³-hybridized carbons (Fsp3) is 0.105. The number of carbonyl (C=O) groups is 1. The molecule has 0 radical (unpaired) electrons. The number of anilines is 1. The second-order valence-electron chi connectivity index (χ2n) is 6.00. The zero-order valence-corrected chi connectivity index (χ0v) is 15.2. The van der Waals surface area contributed by atoms with Crippen LogP contribution < -0.4 is 10.1 Å². The van der Waals surface area contributed by atoms with Crippen LogP contribution in [0.2, 0.25) is 0 Å². The van der Waals surface area contributed by atoms with Crippen molar-refractivity contribution in [1.82, 2.24) is 24.5 Å². The van der Waals surface area contributed by atoms with Crippen LogP contribution >= 0.6 is 0 Å². The van der Waals surface area contributed by atoms with Gasteiger partial charge in [0.15, 0.2) is 0 Å². The van der Waals surface area contributed by atoms with Gasteiger partial charge in [-0.2, -0.15) is 9.97 Å². The number of para-hydroxylation sites is 1. The molecule has 2 aromatic carbocycles. The Morgan fingerprint density at radius 1 is 1.21 bits per heavy atom. The quantitative estimate of drug-likeness (QED) is 0.513. The number of nitrogens with one attached hydrogen (secondary N) is 1. The molecule has 29 heavy (non-hydrogen) atoms. The van der Waals surface area contributed by atoms with Gasteiger partial charge in [0.1, 0.15) is 17.7 Å². The van der Waals surface area contributed by atoms with Crippen LogP contribution in [0.1, 0.15) is 15.9 Å². The van der Waals surface area contributed by atoms with Gasteiger partial charge in [0, 0.05) is 6.54 Å². The smallest absolute Gasteiger partial charge is 0.337 e. The number of benzene rings is 2. The van der Waals surface area contributed by atoms with Crippen molar-refractivity contribution in [2.24, 2.45) is 0 Å². The highest BCUT2D eigenvalue weighted by Gasteiger charge is 2.20. The molecule has 0 bridgehead atoms. The summed E-state index contributed by atoms with van der Waals surface area (Å²) < 4.78 is 20.1. The number of rotatable bonds is 6. The molecule has 0 atom stereocenters. The third kappa shape index (κ3) is 3.55. The fourth-order valence-corrected chi connectivity index (χ4v) is 2.89. The lowest BCUT2D eigenvalue weighted by Crippen LogP contribution is -2.09. The third-order valence-corrected chi connectivity index (χ3v) is 4.17. The number of halogens is 1. The highest BCUT2D eigenvalue weighted by Crippen LogP contribution is 2.27. The summed E-state index contributed by atoms with van der Waals surface area (Å²) in [5, 5.41) is 12.4. The summed E-state index contributed by atoms with van der Waals surface area (Å²) in [6.45, 7) is 0.312. The average Bonchev–Trinajstić information content (AvgIpc) is 3.11. The maximum atomic E-state index is 13.3. The van der Waals surface area contributed by atoms with Crippen molar-refractivity contribution in [3.63, 3.8) is 0 Å². The number of fused-ring (bicyclic) bond motifs is 1. The van der Waals surface area contributed by atoms with E-state index in [1.165, 1.54) is 36.2 Å². The monoisotopic (exact) mass is 394 g/mol. The van der Waals surface area contributed by atoms with Crippen LogP contribution in [0.4, 0.5) is 10.3 Å². The molecule has 146 valence electrons. The molecular weight excluding hydrogens is 379 g/mol. The second-order valence-corrected chi connectivity index (χ2v) is 6.00. The van der Waals surface area contributed by atoms with Crippen molar-refractivity contribution in [2.75, 3.05) is 12.4 Å². The second kappa shape index (κ2) is 7.50. The molecule has 0 saturated heterocycles. The number of carboxylic acid groups (broad SMARTS) is 1. The Kier molecular flexibility index (Phi) is 4.73. The number of methoxy groups -OCH3 is 1. The van der Waals surface area contributed by atoms with Gasteiger partial charge in [-0.1, -0.05) is 18.2 Å². The molecule has 9 nitrogen and oxygen atoms in total. The van der Waals surface area contributed by atoms with E-state index in [-0.39, 0.29) is 34.8 Å². The van der Waals surface area contributed by atoms with E-state index < -0.39 is 5.97 Å². The van der Waals surface area contributed by atoms with E-state index in [2.05, 4.69) is 25.3 Å².